The van der Waals surface area contributed by atoms with Gasteiger partial charge in [0.15, 0.2) is 0 Å². The van der Waals surface area contributed by atoms with Crippen molar-refractivity contribution in [3.63, 3.8) is 0 Å². The van der Waals surface area contributed by atoms with Crippen LogP contribution in [0.25, 0.3) is 0 Å². The third kappa shape index (κ3) is 6.35. The molecule has 0 saturated carbocycles. The zero-order valence-electron chi connectivity index (χ0n) is 27.2. The van der Waals surface area contributed by atoms with E-state index < -0.39 is 14.5 Å². The summed E-state index contributed by atoms with van der Waals surface area (Å²) in [4.78, 5) is 25.0. The molecule has 0 aliphatic rings. The van der Waals surface area contributed by atoms with Crippen molar-refractivity contribution in [1.82, 2.24) is 0 Å². The summed E-state index contributed by atoms with van der Waals surface area (Å²) < 4.78 is 10.1. The molecule has 0 unspecified atom stereocenters. The van der Waals surface area contributed by atoms with Crippen molar-refractivity contribution in [3.8, 4) is 0 Å². The van der Waals surface area contributed by atoms with Crippen molar-refractivity contribution in [2.24, 2.45) is 0 Å². The van der Waals surface area contributed by atoms with E-state index in [4.69, 9.17) is 9.47 Å². The second-order valence-electron chi connectivity index (χ2n) is 11.9. The average Bonchev–Trinajstić information content (AvgIpc) is 3.18. The molecule has 0 N–H and O–H groups in total. The Hall–Kier alpha value is -4.88. The quantitative estimate of drug-likeness (QED) is 0.125. The van der Waals surface area contributed by atoms with Gasteiger partial charge in [-0.2, -0.15) is 0 Å². The van der Waals surface area contributed by atoms with Crippen molar-refractivity contribution in [1.29, 1.82) is 0 Å². The first kappa shape index (κ1) is 33.0. The third-order valence-electron chi connectivity index (χ3n) is 9.54. The molecule has 0 aliphatic carbocycles. The minimum atomic E-state index is -2.73. The number of methoxy groups -OCH3 is 2. The maximum absolute atomic E-state index is 12.5. The Morgan fingerprint density at radius 1 is 0.375 bits per heavy atom. The first-order chi connectivity index (χ1) is 23.5. The molecule has 6 aromatic rings. The minimum absolute atomic E-state index is 0.344. The van der Waals surface area contributed by atoms with Gasteiger partial charge in [0, 0.05) is 0 Å². The van der Waals surface area contributed by atoms with E-state index in [1.807, 2.05) is 24.3 Å². The molecule has 0 fully saturated rings. The topological polar surface area (TPSA) is 52.6 Å². The van der Waals surface area contributed by atoms with E-state index in [9.17, 15) is 9.59 Å². The summed E-state index contributed by atoms with van der Waals surface area (Å²) in [5.74, 6) is -0.688. The molecule has 0 radical (unpaired) electrons. The van der Waals surface area contributed by atoms with E-state index in [2.05, 4.69) is 146 Å². The fourth-order valence-corrected chi connectivity index (χ4v) is 18.4. The molecule has 6 heteroatoms. The molecule has 0 atom stereocenters. The van der Waals surface area contributed by atoms with Gasteiger partial charge < -0.3 is 0 Å². The van der Waals surface area contributed by atoms with Crippen molar-refractivity contribution >= 4 is 58.3 Å². The van der Waals surface area contributed by atoms with E-state index in [0.717, 1.165) is 12.3 Å². The normalized spacial score (nSPS) is 12.1. The molecule has 0 aliphatic heterocycles. The Balaban J connectivity index is 1.61. The Morgan fingerprint density at radius 3 is 0.833 bits per heavy atom. The molecular formula is C42H40O4P2. The number of hydrogen-bond donors (Lipinski definition) is 0. The summed E-state index contributed by atoms with van der Waals surface area (Å²) in [6, 6.07) is 59.7. The molecule has 0 amide bonds. The number of carbonyl (C=O) groups is 2. The van der Waals surface area contributed by atoms with Gasteiger partial charge in [-0.05, 0) is 0 Å². The van der Waals surface area contributed by atoms with Crippen LogP contribution in [-0.2, 0) is 9.47 Å². The molecule has 0 bridgehead atoms. The second kappa shape index (κ2) is 14.9. The van der Waals surface area contributed by atoms with Crippen LogP contribution < -0.4 is 31.8 Å². The molecule has 0 aromatic heterocycles. The molecule has 0 spiro atoms. The molecule has 6 rings (SSSR count). The molecule has 0 heterocycles. The van der Waals surface area contributed by atoms with Crippen LogP contribution in [-0.4, -0.2) is 38.5 Å². The van der Waals surface area contributed by atoms with Crippen LogP contribution in [0.4, 0.5) is 0 Å². The fourth-order valence-electron chi connectivity index (χ4n) is 7.15. The van der Waals surface area contributed by atoms with Gasteiger partial charge >= 0.3 is 285 Å². The fraction of sp³-hybridized carbons (Fsp3) is 0.0952. The van der Waals surface area contributed by atoms with Crippen LogP contribution in [0.1, 0.15) is 20.7 Å². The molecule has 242 valence electrons. The van der Waals surface area contributed by atoms with Crippen LogP contribution in [0.2, 0.25) is 0 Å². The Kier molecular flexibility index (Phi) is 10.3. The summed E-state index contributed by atoms with van der Waals surface area (Å²) in [5.41, 5.74) is 1.07. The van der Waals surface area contributed by atoms with E-state index >= 15 is 0 Å². The first-order valence-corrected chi connectivity index (χ1v) is 20.5. The summed E-state index contributed by atoms with van der Waals surface area (Å²) >= 11 is 0. The maximum atomic E-state index is 12.5. The van der Waals surface area contributed by atoms with Gasteiger partial charge in [-0.25, -0.2) is 0 Å². The van der Waals surface area contributed by atoms with Crippen LogP contribution in [0, 0.1) is 0 Å². The summed E-state index contributed by atoms with van der Waals surface area (Å²) in [6.07, 6.45) is 1.82. The van der Waals surface area contributed by atoms with Crippen molar-refractivity contribution in [2.75, 3.05) is 26.5 Å². The van der Waals surface area contributed by atoms with Crippen LogP contribution >= 0.6 is 14.5 Å². The van der Waals surface area contributed by atoms with Gasteiger partial charge in [-0.3, -0.25) is 0 Å². The summed E-state index contributed by atoms with van der Waals surface area (Å²) in [5, 5.41) is 7.72. The van der Waals surface area contributed by atoms with E-state index in [1.54, 1.807) is 0 Å². The zero-order valence-corrected chi connectivity index (χ0v) is 29.2. The van der Waals surface area contributed by atoms with Gasteiger partial charge in [0.2, 0.25) is 0 Å². The molecule has 6 aromatic carbocycles. The van der Waals surface area contributed by atoms with E-state index in [0.29, 0.717) is 11.1 Å². The number of hydrogen-bond acceptors (Lipinski definition) is 4. The van der Waals surface area contributed by atoms with Gasteiger partial charge in [0.05, 0.1) is 0 Å². The molecule has 48 heavy (non-hydrogen) atoms. The number of rotatable bonds is 11. The van der Waals surface area contributed by atoms with Gasteiger partial charge in [0.25, 0.3) is 0 Å². The van der Waals surface area contributed by atoms with E-state index in [-0.39, 0.29) is 11.9 Å². The first-order valence-electron chi connectivity index (χ1n) is 16.1. The summed E-state index contributed by atoms with van der Waals surface area (Å²) in [6.45, 7) is 0. The van der Waals surface area contributed by atoms with Crippen molar-refractivity contribution in [2.45, 2.75) is 0 Å². The number of ether oxygens (including phenoxy) is 2. The Bertz CT molecular complexity index is 1720. The van der Waals surface area contributed by atoms with Crippen LogP contribution in [0.3, 0.4) is 0 Å². The summed E-state index contributed by atoms with van der Waals surface area (Å²) in [7, 11) is -2.62. The number of esters is 2. The predicted octanol–water partition coefficient (Wildman–Crippen LogP) is 6.01. The van der Waals surface area contributed by atoms with Crippen LogP contribution in [0.5, 0.6) is 0 Å². The van der Waals surface area contributed by atoms with E-state index in [1.165, 1.54) is 46.0 Å². The van der Waals surface area contributed by atoms with Crippen molar-refractivity contribution < 1.29 is 19.1 Å². The number of benzene rings is 6. The van der Waals surface area contributed by atoms with Crippen molar-refractivity contribution in [3.05, 3.63) is 181 Å². The molecule has 4 nitrogen and oxygen atoms in total. The second-order valence-corrected chi connectivity index (χ2v) is 20.0. The third-order valence-corrected chi connectivity index (χ3v) is 20.0. The standard InChI is InChI=1S/C42H40O4P2/c1-45-41(43)33-23-27-39(28-24-33)47(35-15-7-3-8-16-35,36-17-9-4-10-18-36)31-32-48(37-19-11-5-12-20-37,38-21-13-6-14-22-38)40-29-25-34(26-30-40)42(44)46-2/h3-30,47-48H,31-32H2,1-2H3. The number of carbonyl (C=O) groups excluding carboxylic acids is 2. The average molecular weight is 671 g/mol. The van der Waals surface area contributed by atoms with Gasteiger partial charge in [0.1, 0.15) is 0 Å². The predicted molar refractivity (Wildman–Crippen MR) is 205 cm³/mol. The van der Waals surface area contributed by atoms with Gasteiger partial charge in [-0.1, -0.05) is 0 Å². The van der Waals surface area contributed by atoms with Gasteiger partial charge in [-0.15, -0.1) is 0 Å². The SMILES string of the molecule is COC(=O)c1ccc([PH](CC[PH](c2ccccc2)(c2ccccc2)c2ccc(C(=O)OC)cc2)(c2ccccc2)c2ccccc2)cc1. The monoisotopic (exact) mass is 670 g/mol. The zero-order chi connectivity index (χ0) is 33.4. The Morgan fingerprint density at radius 2 is 0.604 bits per heavy atom. The van der Waals surface area contributed by atoms with Crippen LogP contribution in [0.15, 0.2) is 170 Å². The molecule has 0 saturated heterocycles. The molecular weight excluding hydrogens is 630 g/mol. The Labute approximate surface area is 284 Å².